The molecule has 5 nitrogen and oxygen atoms in total. The minimum atomic E-state index is -3.85. The Bertz CT molecular complexity index is 915. The first-order valence-electron chi connectivity index (χ1n) is 10.0. The van der Waals surface area contributed by atoms with E-state index in [1.165, 1.54) is 0 Å². The fourth-order valence-electron chi connectivity index (χ4n) is 3.48. The third kappa shape index (κ3) is 6.68. The fourth-order valence-corrected chi connectivity index (χ4v) is 5.13. The van der Waals surface area contributed by atoms with Crippen LogP contribution in [0.1, 0.15) is 42.5 Å². The molecule has 0 aliphatic rings. The molecule has 0 aliphatic carbocycles. The van der Waals surface area contributed by atoms with E-state index in [1.54, 1.807) is 13.8 Å². The van der Waals surface area contributed by atoms with Crippen LogP contribution in [0, 0.1) is 26.7 Å². The first-order chi connectivity index (χ1) is 13.6. The molecule has 0 aromatic heterocycles. The molecular formula is C23H32N2O3S. The molecule has 2 aromatic carbocycles. The van der Waals surface area contributed by atoms with E-state index in [2.05, 4.69) is 23.9 Å². The van der Waals surface area contributed by atoms with Crippen molar-refractivity contribution in [1.82, 2.24) is 10.0 Å². The van der Waals surface area contributed by atoms with Crippen LogP contribution in [0.15, 0.2) is 47.4 Å². The van der Waals surface area contributed by atoms with E-state index in [-0.39, 0.29) is 17.2 Å². The van der Waals surface area contributed by atoms with Gasteiger partial charge < -0.3 is 5.32 Å². The predicted octanol–water partition coefficient (Wildman–Crippen LogP) is 3.66. The molecule has 2 aromatic rings. The Morgan fingerprint density at radius 2 is 1.59 bits per heavy atom. The molecule has 1 amide bonds. The molecule has 158 valence electrons. The van der Waals surface area contributed by atoms with Crippen molar-refractivity contribution in [2.75, 3.05) is 6.54 Å². The van der Waals surface area contributed by atoms with Gasteiger partial charge in [0.15, 0.2) is 0 Å². The molecule has 0 spiro atoms. The summed E-state index contributed by atoms with van der Waals surface area (Å²) in [7, 11) is -3.85. The average Bonchev–Trinajstić information content (AvgIpc) is 2.60. The van der Waals surface area contributed by atoms with Gasteiger partial charge >= 0.3 is 0 Å². The molecule has 29 heavy (non-hydrogen) atoms. The van der Waals surface area contributed by atoms with Crippen LogP contribution in [0.3, 0.4) is 0 Å². The van der Waals surface area contributed by atoms with Gasteiger partial charge in [0.05, 0.1) is 4.90 Å². The Kier molecular flexibility index (Phi) is 7.99. The molecule has 1 atom stereocenters. The number of aryl methyl sites for hydroxylation is 3. The molecule has 0 saturated carbocycles. The Morgan fingerprint density at radius 3 is 2.14 bits per heavy atom. The Balaban J connectivity index is 2.29. The van der Waals surface area contributed by atoms with E-state index in [9.17, 15) is 13.2 Å². The molecule has 0 radical (unpaired) electrons. The van der Waals surface area contributed by atoms with E-state index in [0.717, 1.165) is 17.5 Å². The summed E-state index contributed by atoms with van der Waals surface area (Å²) in [4.78, 5) is 13.1. The molecule has 0 heterocycles. The van der Waals surface area contributed by atoms with Crippen LogP contribution in [0.4, 0.5) is 0 Å². The van der Waals surface area contributed by atoms with Crippen molar-refractivity contribution in [2.24, 2.45) is 5.92 Å². The average molecular weight is 417 g/mol. The second-order valence-electron chi connectivity index (χ2n) is 8.06. The highest BCUT2D eigenvalue weighted by Crippen LogP contribution is 2.22. The second kappa shape index (κ2) is 10.0. The zero-order chi connectivity index (χ0) is 21.6. The highest BCUT2D eigenvalue weighted by Gasteiger charge is 2.28. The summed E-state index contributed by atoms with van der Waals surface area (Å²) >= 11 is 0. The molecule has 0 unspecified atom stereocenters. The molecule has 0 bridgehead atoms. The molecule has 2 rings (SSSR count). The van der Waals surface area contributed by atoms with Gasteiger partial charge in [-0.3, -0.25) is 4.79 Å². The van der Waals surface area contributed by atoms with Crippen LogP contribution in [0.25, 0.3) is 0 Å². The van der Waals surface area contributed by atoms with Crippen molar-refractivity contribution in [1.29, 1.82) is 0 Å². The Hall–Kier alpha value is -2.18. The zero-order valence-corrected chi connectivity index (χ0v) is 18.8. The lowest BCUT2D eigenvalue weighted by Crippen LogP contribution is -2.48. The predicted molar refractivity (Wildman–Crippen MR) is 117 cm³/mol. The molecular weight excluding hydrogens is 384 g/mol. The third-order valence-corrected chi connectivity index (χ3v) is 6.57. The molecule has 0 fully saturated rings. The first-order valence-corrected chi connectivity index (χ1v) is 11.5. The van der Waals surface area contributed by atoms with E-state index in [1.807, 2.05) is 49.4 Å². The van der Waals surface area contributed by atoms with Crippen LogP contribution >= 0.6 is 0 Å². The highest BCUT2D eigenvalue weighted by molar-refractivity contribution is 7.89. The number of hydrogen-bond donors (Lipinski definition) is 2. The number of carbonyl (C=O) groups is 1. The largest absolute Gasteiger partial charge is 0.355 e. The van der Waals surface area contributed by atoms with Gasteiger partial charge in [0.1, 0.15) is 6.04 Å². The zero-order valence-electron chi connectivity index (χ0n) is 18.0. The summed E-state index contributed by atoms with van der Waals surface area (Å²) in [5, 5.41) is 2.88. The van der Waals surface area contributed by atoms with Crippen molar-refractivity contribution >= 4 is 15.9 Å². The number of rotatable bonds is 9. The van der Waals surface area contributed by atoms with Crippen molar-refractivity contribution in [3.63, 3.8) is 0 Å². The minimum Gasteiger partial charge on any atom is -0.355 e. The smallest absolute Gasteiger partial charge is 0.241 e. The fraction of sp³-hybridized carbons (Fsp3) is 0.435. The van der Waals surface area contributed by atoms with Crippen molar-refractivity contribution in [3.05, 3.63) is 64.7 Å². The molecule has 0 saturated heterocycles. The monoisotopic (exact) mass is 416 g/mol. The number of carbonyl (C=O) groups excluding carboxylic acids is 1. The van der Waals surface area contributed by atoms with Crippen LogP contribution in [-0.2, 0) is 21.2 Å². The van der Waals surface area contributed by atoms with E-state index >= 15 is 0 Å². The van der Waals surface area contributed by atoms with Crippen LogP contribution in [-0.4, -0.2) is 26.9 Å². The van der Waals surface area contributed by atoms with Crippen LogP contribution < -0.4 is 10.0 Å². The van der Waals surface area contributed by atoms with E-state index < -0.39 is 16.1 Å². The first kappa shape index (κ1) is 23.1. The summed E-state index contributed by atoms with van der Waals surface area (Å²) in [5.74, 6) is 0.151. The maximum Gasteiger partial charge on any atom is 0.241 e. The van der Waals surface area contributed by atoms with E-state index in [0.29, 0.717) is 23.6 Å². The summed E-state index contributed by atoms with van der Waals surface area (Å²) in [6.07, 6.45) is 1.13. The molecule has 6 heteroatoms. The van der Waals surface area contributed by atoms with Gasteiger partial charge in [-0.1, -0.05) is 61.9 Å². The molecule has 2 N–H and O–H groups in total. The topological polar surface area (TPSA) is 75.3 Å². The lowest BCUT2D eigenvalue weighted by atomic mass is 10.1. The van der Waals surface area contributed by atoms with Gasteiger partial charge in [-0.05, 0) is 56.2 Å². The number of benzene rings is 2. The van der Waals surface area contributed by atoms with Gasteiger partial charge in [0.2, 0.25) is 15.9 Å². The number of sulfonamides is 1. The standard InChI is InChI=1S/C23H32N2O3S/c1-16(2)11-12-24-23(26)21(15-20-9-7-6-8-10-20)25-29(27,28)22-18(4)13-17(3)14-19(22)5/h6-10,13-14,16,21,25H,11-12,15H2,1-5H3,(H,24,26)/t21-/m0/s1. The van der Waals surface area contributed by atoms with Gasteiger partial charge in [-0.15, -0.1) is 0 Å². The summed E-state index contributed by atoms with van der Waals surface area (Å²) in [5.41, 5.74) is 3.25. The SMILES string of the molecule is Cc1cc(C)c(S(=O)(=O)N[C@@H](Cc2ccccc2)C(=O)NCCC(C)C)c(C)c1. The minimum absolute atomic E-state index is 0.246. The number of nitrogens with one attached hydrogen (secondary N) is 2. The summed E-state index contributed by atoms with van der Waals surface area (Å²) in [6, 6.07) is 12.3. The Labute approximate surface area is 175 Å². The summed E-state index contributed by atoms with van der Waals surface area (Å²) < 4.78 is 29.0. The molecule has 0 aliphatic heterocycles. The Morgan fingerprint density at radius 1 is 1.00 bits per heavy atom. The van der Waals surface area contributed by atoms with E-state index in [4.69, 9.17) is 0 Å². The van der Waals surface area contributed by atoms with Gasteiger partial charge in [0, 0.05) is 6.54 Å². The van der Waals surface area contributed by atoms with Gasteiger partial charge in [-0.2, -0.15) is 4.72 Å². The van der Waals surface area contributed by atoms with Crippen molar-refractivity contribution in [3.8, 4) is 0 Å². The van der Waals surface area contributed by atoms with Crippen LogP contribution in [0.2, 0.25) is 0 Å². The lowest BCUT2D eigenvalue weighted by Gasteiger charge is -2.21. The van der Waals surface area contributed by atoms with Crippen LogP contribution in [0.5, 0.6) is 0 Å². The number of amides is 1. The quantitative estimate of drug-likeness (QED) is 0.655. The second-order valence-corrected chi connectivity index (χ2v) is 9.72. The maximum absolute atomic E-state index is 13.2. The van der Waals surface area contributed by atoms with Crippen molar-refractivity contribution < 1.29 is 13.2 Å². The third-order valence-electron chi connectivity index (χ3n) is 4.79. The van der Waals surface area contributed by atoms with Gasteiger partial charge in [0.25, 0.3) is 0 Å². The van der Waals surface area contributed by atoms with Gasteiger partial charge in [-0.25, -0.2) is 8.42 Å². The highest BCUT2D eigenvalue weighted by atomic mass is 32.2. The van der Waals surface area contributed by atoms with Crippen molar-refractivity contribution in [2.45, 2.75) is 58.4 Å². The summed E-state index contributed by atoms with van der Waals surface area (Å²) in [6.45, 7) is 10.2. The number of hydrogen-bond acceptors (Lipinski definition) is 3. The lowest BCUT2D eigenvalue weighted by molar-refractivity contribution is -0.122. The normalized spacial score (nSPS) is 12.8. The maximum atomic E-state index is 13.2.